The van der Waals surface area contributed by atoms with Crippen molar-refractivity contribution < 1.29 is 17.6 Å². The highest BCUT2D eigenvalue weighted by Gasteiger charge is 2.39. The molecule has 1 aliphatic rings. The number of benzene rings is 3. The van der Waals surface area contributed by atoms with E-state index in [4.69, 9.17) is 0 Å². The fourth-order valence-corrected chi connectivity index (χ4v) is 5.85. The molecule has 1 N–H and O–H groups in total. The lowest BCUT2D eigenvalue weighted by Gasteiger charge is -2.35. The van der Waals surface area contributed by atoms with Gasteiger partial charge in [-0.15, -0.1) is 0 Å². The fourth-order valence-electron chi connectivity index (χ4n) is 4.29. The lowest BCUT2D eigenvalue weighted by molar-refractivity contribution is -0.120. The topological polar surface area (TPSA) is 69.7 Å². The number of rotatable bonds is 7. The Morgan fingerprint density at radius 3 is 2.21 bits per heavy atom. The molecule has 0 radical (unpaired) electrons. The summed E-state index contributed by atoms with van der Waals surface area (Å²) in [7, 11) is -4.03. The quantitative estimate of drug-likeness (QED) is 0.542. The molecule has 0 saturated heterocycles. The number of halogens is 1. The average molecular weight is 482 g/mol. The summed E-state index contributed by atoms with van der Waals surface area (Å²) in [5.41, 5.74) is 3.43. The van der Waals surface area contributed by atoms with Crippen molar-refractivity contribution in [3.8, 4) is 0 Å². The van der Waals surface area contributed by atoms with E-state index in [2.05, 4.69) is 24.1 Å². The predicted molar refractivity (Wildman–Crippen MR) is 132 cm³/mol. The van der Waals surface area contributed by atoms with Gasteiger partial charge in [0.2, 0.25) is 15.9 Å². The minimum Gasteiger partial charge on any atom is -0.372 e. The van der Waals surface area contributed by atoms with E-state index in [1.807, 2.05) is 48.5 Å². The van der Waals surface area contributed by atoms with Gasteiger partial charge in [-0.1, -0.05) is 24.3 Å². The van der Waals surface area contributed by atoms with Gasteiger partial charge < -0.3 is 10.2 Å². The number of fused-ring (bicyclic) bond motifs is 1. The van der Waals surface area contributed by atoms with Gasteiger partial charge in [0.15, 0.2) is 0 Å². The van der Waals surface area contributed by atoms with Gasteiger partial charge in [-0.05, 0) is 79.9 Å². The summed E-state index contributed by atoms with van der Waals surface area (Å²) in [5, 5.41) is 2.88. The second kappa shape index (κ2) is 9.95. The molecular weight excluding hydrogens is 453 g/mol. The number of nitrogens with zero attached hydrogens (tertiary/aromatic N) is 2. The molecule has 1 amide bonds. The number of nitrogens with one attached hydrogen (secondary N) is 1. The van der Waals surface area contributed by atoms with Crippen LogP contribution in [0.4, 0.5) is 15.8 Å². The molecule has 0 aromatic heterocycles. The molecule has 1 heterocycles. The Bertz CT molecular complexity index is 1260. The number of hydrogen-bond donors (Lipinski definition) is 1. The van der Waals surface area contributed by atoms with Crippen LogP contribution in [0.3, 0.4) is 0 Å². The summed E-state index contributed by atoms with van der Waals surface area (Å²) >= 11 is 0. The first-order valence-corrected chi connectivity index (χ1v) is 12.8. The molecule has 8 heteroatoms. The summed E-state index contributed by atoms with van der Waals surface area (Å²) in [6.07, 6.45) is 0.250. The largest absolute Gasteiger partial charge is 0.372 e. The maximum absolute atomic E-state index is 13.5. The molecule has 0 bridgehead atoms. The van der Waals surface area contributed by atoms with Crippen LogP contribution >= 0.6 is 0 Å². The zero-order valence-corrected chi connectivity index (χ0v) is 20.1. The molecule has 0 fully saturated rings. The Labute approximate surface area is 200 Å². The molecule has 34 heavy (non-hydrogen) atoms. The minimum absolute atomic E-state index is 0.0466. The van der Waals surface area contributed by atoms with Gasteiger partial charge in [-0.3, -0.25) is 4.79 Å². The van der Waals surface area contributed by atoms with Crippen molar-refractivity contribution >= 4 is 27.3 Å². The first-order valence-electron chi connectivity index (χ1n) is 11.3. The zero-order valence-electron chi connectivity index (χ0n) is 19.2. The standard InChI is InChI=1S/C26H28FN3O3S/c1-3-29(4-2)23-13-11-22(12-14-23)28-26(31)25-17-19-7-5-6-8-20(19)18-30(25)34(32,33)24-15-9-21(27)10-16-24/h5-16,25H,3-4,17-18H2,1-2H3,(H,28,31)/t25-/m0/s1. The van der Waals surface area contributed by atoms with Crippen LogP contribution in [-0.4, -0.2) is 37.8 Å². The summed E-state index contributed by atoms with van der Waals surface area (Å²) in [6, 6.07) is 18.8. The maximum atomic E-state index is 13.5. The third-order valence-corrected chi connectivity index (χ3v) is 8.06. The molecule has 6 nitrogen and oxygen atoms in total. The smallest absolute Gasteiger partial charge is 0.244 e. The van der Waals surface area contributed by atoms with Crippen LogP contribution in [0.15, 0.2) is 77.7 Å². The van der Waals surface area contributed by atoms with Crippen molar-refractivity contribution in [2.45, 2.75) is 37.8 Å². The van der Waals surface area contributed by atoms with Gasteiger partial charge in [0.1, 0.15) is 11.9 Å². The van der Waals surface area contributed by atoms with Crippen molar-refractivity contribution in [1.29, 1.82) is 0 Å². The van der Waals surface area contributed by atoms with E-state index in [1.54, 1.807) is 0 Å². The Hall–Kier alpha value is -3.23. The number of carbonyl (C=O) groups is 1. The highest BCUT2D eigenvalue weighted by Crippen LogP contribution is 2.30. The molecule has 4 rings (SSSR count). The maximum Gasteiger partial charge on any atom is 0.244 e. The molecule has 1 atom stereocenters. The molecular formula is C26H28FN3O3S. The van der Waals surface area contributed by atoms with E-state index in [-0.39, 0.29) is 17.9 Å². The van der Waals surface area contributed by atoms with Crippen molar-refractivity contribution in [2.24, 2.45) is 0 Å². The fraction of sp³-hybridized carbons (Fsp3) is 0.269. The number of sulfonamides is 1. The SMILES string of the molecule is CCN(CC)c1ccc(NC(=O)[C@@H]2Cc3ccccc3CN2S(=O)(=O)c2ccc(F)cc2)cc1. The van der Waals surface area contributed by atoms with Crippen LogP contribution in [0.5, 0.6) is 0 Å². The number of anilines is 2. The van der Waals surface area contributed by atoms with Crippen molar-refractivity contribution in [1.82, 2.24) is 4.31 Å². The van der Waals surface area contributed by atoms with Crippen LogP contribution in [-0.2, 0) is 27.8 Å². The zero-order chi connectivity index (χ0) is 24.3. The Kier molecular flexibility index (Phi) is 7.00. The molecule has 1 aliphatic heterocycles. The monoisotopic (exact) mass is 481 g/mol. The van der Waals surface area contributed by atoms with Gasteiger partial charge in [-0.2, -0.15) is 4.31 Å². The lowest BCUT2D eigenvalue weighted by atomic mass is 9.95. The number of hydrogen-bond acceptors (Lipinski definition) is 4. The molecule has 178 valence electrons. The summed E-state index contributed by atoms with van der Waals surface area (Å²) < 4.78 is 41.6. The van der Waals surface area contributed by atoms with Crippen LogP contribution in [0.25, 0.3) is 0 Å². The van der Waals surface area contributed by atoms with Crippen LogP contribution in [0, 0.1) is 5.82 Å². The minimum atomic E-state index is -4.03. The van der Waals surface area contributed by atoms with Crippen LogP contribution < -0.4 is 10.2 Å². The molecule has 0 spiro atoms. The second-order valence-electron chi connectivity index (χ2n) is 8.20. The average Bonchev–Trinajstić information content (AvgIpc) is 2.85. The molecule has 3 aromatic rings. The number of carbonyl (C=O) groups excluding carboxylic acids is 1. The van der Waals surface area contributed by atoms with Crippen LogP contribution in [0.1, 0.15) is 25.0 Å². The number of amides is 1. The van der Waals surface area contributed by atoms with E-state index in [9.17, 15) is 17.6 Å². The molecule has 0 unspecified atom stereocenters. The second-order valence-corrected chi connectivity index (χ2v) is 10.1. The van der Waals surface area contributed by atoms with Crippen molar-refractivity contribution in [3.63, 3.8) is 0 Å². The first kappa shape index (κ1) is 23.9. The van der Waals surface area contributed by atoms with Gasteiger partial charge in [0, 0.05) is 31.0 Å². The van der Waals surface area contributed by atoms with Crippen molar-refractivity contribution in [3.05, 3.63) is 89.7 Å². The molecule has 3 aromatic carbocycles. The third-order valence-electron chi connectivity index (χ3n) is 6.19. The Morgan fingerprint density at radius 1 is 0.971 bits per heavy atom. The van der Waals surface area contributed by atoms with E-state index in [0.29, 0.717) is 5.69 Å². The van der Waals surface area contributed by atoms with E-state index < -0.39 is 27.8 Å². The van der Waals surface area contributed by atoms with Gasteiger partial charge in [-0.25, -0.2) is 12.8 Å². The Balaban J connectivity index is 1.63. The third kappa shape index (κ3) is 4.83. The summed E-state index contributed by atoms with van der Waals surface area (Å²) in [6.45, 7) is 5.97. The van der Waals surface area contributed by atoms with Gasteiger partial charge in [0.05, 0.1) is 4.90 Å². The van der Waals surface area contributed by atoms with E-state index in [1.165, 1.54) is 16.4 Å². The highest BCUT2D eigenvalue weighted by molar-refractivity contribution is 7.89. The van der Waals surface area contributed by atoms with E-state index in [0.717, 1.165) is 42.0 Å². The lowest BCUT2D eigenvalue weighted by Crippen LogP contribution is -2.50. The molecule has 0 aliphatic carbocycles. The summed E-state index contributed by atoms with van der Waals surface area (Å²) in [5.74, 6) is -0.929. The van der Waals surface area contributed by atoms with E-state index >= 15 is 0 Å². The van der Waals surface area contributed by atoms with Crippen LogP contribution in [0.2, 0.25) is 0 Å². The molecule has 0 saturated carbocycles. The summed E-state index contributed by atoms with van der Waals surface area (Å²) in [4.78, 5) is 15.5. The normalized spacial score (nSPS) is 16.0. The first-order chi connectivity index (χ1) is 16.3. The predicted octanol–water partition coefficient (Wildman–Crippen LogP) is 4.43. The van der Waals surface area contributed by atoms with Crippen molar-refractivity contribution in [2.75, 3.05) is 23.3 Å². The highest BCUT2D eigenvalue weighted by atomic mass is 32.2. The van der Waals surface area contributed by atoms with Gasteiger partial charge >= 0.3 is 0 Å². The Morgan fingerprint density at radius 2 is 1.59 bits per heavy atom. The van der Waals surface area contributed by atoms with Gasteiger partial charge in [0.25, 0.3) is 0 Å².